The van der Waals surface area contributed by atoms with Crippen LogP contribution in [-0.4, -0.2) is 71.8 Å². The number of nitro benzene ring substituents is 1. The van der Waals surface area contributed by atoms with Gasteiger partial charge in [-0.1, -0.05) is 29.3 Å². The number of non-ortho nitro benzene ring substituents is 1. The fraction of sp³-hybridized carbons (Fsp3) is 0.321. The molecule has 3 aromatic rings. The predicted octanol–water partition coefficient (Wildman–Crippen LogP) is 5.09. The summed E-state index contributed by atoms with van der Waals surface area (Å²) in [5.41, 5.74) is -0.657. The number of nitro groups is 1. The number of benzene rings is 3. The summed E-state index contributed by atoms with van der Waals surface area (Å²) >= 11 is 12.5. The van der Waals surface area contributed by atoms with E-state index in [0.29, 0.717) is 27.8 Å². The Balaban J connectivity index is 1.62. The van der Waals surface area contributed by atoms with Crippen LogP contribution in [0.5, 0.6) is 17.2 Å². The maximum absolute atomic E-state index is 13.8. The summed E-state index contributed by atoms with van der Waals surface area (Å²) in [5.74, 6) is 0.588. The lowest BCUT2D eigenvalue weighted by atomic mass is 9.88. The van der Waals surface area contributed by atoms with Gasteiger partial charge < -0.3 is 23.8 Å². The summed E-state index contributed by atoms with van der Waals surface area (Å²) in [6, 6.07) is 12.3. The average Bonchev–Trinajstić information content (AvgIpc) is 3.01. The molecular weight excluding hydrogens is 627 g/mol. The molecule has 1 aliphatic heterocycles. The molecule has 4 rings (SSSR count). The van der Waals surface area contributed by atoms with Crippen molar-refractivity contribution in [1.82, 2.24) is 4.90 Å². The van der Waals surface area contributed by atoms with Gasteiger partial charge >= 0.3 is 0 Å². The van der Waals surface area contributed by atoms with Gasteiger partial charge in [0, 0.05) is 30.7 Å². The second kappa shape index (κ2) is 13.3. The second-order valence-electron chi connectivity index (χ2n) is 9.39. The summed E-state index contributed by atoms with van der Waals surface area (Å²) in [4.78, 5) is 25.4. The van der Waals surface area contributed by atoms with E-state index in [4.69, 9.17) is 46.3 Å². The first-order valence-electron chi connectivity index (χ1n) is 12.8. The molecule has 3 aromatic carbocycles. The van der Waals surface area contributed by atoms with Gasteiger partial charge in [0.25, 0.3) is 21.7 Å². The van der Waals surface area contributed by atoms with Gasteiger partial charge in [-0.3, -0.25) is 19.1 Å². The summed E-state index contributed by atoms with van der Waals surface area (Å²) in [6.07, 6.45) is -0.00376. The van der Waals surface area contributed by atoms with Crippen LogP contribution in [0.1, 0.15) is 22.3 Å². The van der Waals surface area contributed by atoms with Crippen molar-refractivity contribution < 1.29 is 41.3 Å². The van der Waals surface area contributed by atoms with Gasteiger partial charge in [-0.25, -0.2) is 0 Å². The van der Waals surface area contributed by atoms with Crippen LogP contribution in [0.25, 0.3) is 0 Å². The van der Waals surface area contributed by atoms with Crippen LogP contribution in [0, 0.1) is 10.1 Å². The number of ether oxygens (including phenoxy) is 4. The molecule has 230 valence electrons. The van der Waals surface area contributed by atoms with Gasteiger partial charge in [0.05, 0.1) is 61.0 Å². The second-order valence-corrected chi connectivity index (χ2v) is 11.8. The van der Waals surface area contributed by atoms with Crippen LogP contribution >= 0.6 is 23.2 Å². The molecule has 1 aliphatic rings. The first-order chi connectivity index (χ1) is 20.4. The summed E-state index contributed by atoms with van der Waals surface area (Å²) in [6.45, 7) is 0.0270. The molecule has 0 saturated carbocycles. The fourth-order valence-corrected chi connectivity index (χ4v) is 5.92. The van der Waals surface area contributed by atoms with Crippen LogP contribution in [0.4, 0.5) is 5.69 Å². The minimum atomic E-state index is -4.27. The zero-order valence-electron chi connectivity index (χ0n) is 23.4. The molecule has 15 heteroatoms. The third-order valence-electron chi connectivity index (χ3n) is 6.91. The zero-order valence-corrected chi connectivity index (χ0v) is 25.7. The molecule has 1 atom stereocenters. The van der Waals surface area contributed by atoms with Gasteiger partial charge in [-0.15, -0.1) is 0 Å². The highest BCUT2D eigenvalue weighted by molar-refractivity contribution is 7.86. The Labute approximate surface area is 258 Å². The van der Waals surface area contributed by atoms with Gasteiger partial charge in [-0.2, -0.15) is 8.42 Å². The molecular formula is C28H28Cl2N2O10S. The van der Waals surface area contributed by atoms with Crippen molar-refractivity contribution in [2.45, 2.75) is 16.9 Å². The number of hydrogen-bond donors (Lipinski definition) is 0. The highest BCUT2D eigenvalue weighted by atomic mass is 35.5. The number of halogens is 2. The standard InChI is InChI=1S/C28H28Cl2N2O10S/c1-38-24-14-18(15-25(39-2)26(24)40-3)27(33)31-11-13-41-28(17-31,19-4-9-22(29)23(30)16-19)10-12-42-43(36,37)21-7-5-20(6-8-21)32(34)35/h4-9,14-16H,10-13,17H2,1-3H3/t28-/m0/s1. The van der Waals surface area contributed by atoms with E-state index in [9.17, 15) is 23.3 Å². The van der Waals surface area contributed by atoms with Crippen LogP contribution < -0.4 is 14.2 Å². The lowest BCUT2D eigenvalue weighted by Crippen LogP contribution is -2.52. The Morgan fingerprint density at radius 3 is 2.21 bits per heavy atom. The van der Waals surface area contributed by atoms with E-state index in [2.05, 4.69) is 0 Å². The first kappa shape index (κ1) is 32.3. The van der Waals surface area contributed by atoms with Gasteiger partial charge in [0.1, 0.15) is 5.60 Å². The Morgan fingerprint density at radius 2 is 1.65 bits per heavy atom. The molecule has 1 saturated heterocycles. The number of rotatable bonds is 11. The Kier molecular flexibility index (Phi) is 10.0. The smallest absolute Gasteiger partial charge is 0.296 e. The van der Waals surface area contributed by atoms with Crippen molar-refractivity contribution in [1.29, 1.82) is 0 Å². The van der Waals surface area contributed by atoms with E-state index in [1.54, 1.807) is 35.2 Å². The monoisotopic (exact) mass is 654 g/mol. The average molecular weight is 656 g/mol. The molecule has 12 nitrogen and oxygen atoms in total. The normalized spacial score (nSPS) is 16.9. The van der Waals surface area contributed by atoms with Crippen molar-refractivity contribution in [3.05, 3.63) is 85.9 Å². The number of amides is 1. The van der Waals surface area contributed by atoms with Crippen LogP contribution in [-0.2, 0) is 24.6 Å². The number of morpholine rings is 1. The summed E-state index contributed by atoms with van der Waals surface area (Å²) < 4.78 is 53.4. The summed E-state index contributed by atoms with van der Waals surface area (Å²) in [7, 11) is 0.0794. The molecule has 43 heavy (non-hydrogen) atoms. The summed E-state index contributed by atoms with van der Waals surface area (Å²) in [5, 5.41) is 11.5. The number of nitrogens with zero attached hydrogens (tertiary/aromatic N) is 2. The molecule has 1 heterocycles. The molecule has 1 fully saturated rings. The number of carbonyl (C=O) groups excluding carboxylic acids is 1. The Morgan fingerprint density at radius 1 is 1.00 bits per heavy atom. The van der Waals surface area contributed by atoms with Crippen LogP contribution in [0.15, 0.2) is 59.5 Å². The minimum absolute atomic E-state index is 0.00376. The van der Waals surface area contributed by atoms with E-state index < -0.39 is 20.6 Å². The third kappa shape index (κ3) is 6.97. The Bertz CT molecular complexity index is 1590. The van der Waals surface area contributed by atoms with E-state index in [-0.39, 0.29) is 59.8 Å². The Hall–Kier alpha value is -3.62. The van der Waals surface area contributed by atoms with Crippen molar-refractivity contribution >= 4 is 44.9 Å². The number of hydrogen-bond acceptors (Lipinski definition) is 10. The third-order valence-corrected chi connectivity index (χ3v) is 8.98. The van der Waals surface area contributed by atoms with Gasteiger partial charge in [0.2, 0.25) is 5.75 Å². The van der Waals surface area contributed by atoms with E-state index in [0.717, 1.165) is 24.3 Å². The van der Waals surface area contributed by atoms with Crippen molar-refractivity contribution in [2.75, 3.05) is 47.6 Å². The highest BCUT2D eigenvalue weighted by Crippen LogP contribution is 2.40. The molecule has 0 bridgehead atoms. The number of carbonyl (C=O) groups is 1. The molecule has 0 N–H and O–H groups in total. The van der Waals surface area contributed by atoms with E-state index >= 15 is 0 Å². The molecule has 0 aliphatic carbocycles. The number of methoxy groups -OCH3 is 3. The van der Waals surface area contributed by atoms with Crippen molar-refractivity contribution in [2.24, 2.45) is 0 Å². The quantitative estimate of drug-likeness (QED) is 0.156. The molecule has 0 unspecified atom stereocenters. The van der Waals surface area contributed by atoms with E-state index in [1.807, 2.05) is 0 Å². The SMILES string of the molecule is COc1cc(C(=O)N2CCO[C@](CCOS(=O)(=O)c3ccc([N+](=O)[O-])cc3)(c3ccc(Cl)c(Cl)c3)C2)cc(OC)c1OC. The van der Waals surface area contributed by atoms with Crippen molar-refractivity contribution in [3.8, 4) is 17.2 Å². The topological polar surface area (TPSA) is 144 Å². The molecule has 0 aromatic heterocycles. The van der Waals surface area contributed by atoms with Crippen LogP contribution in [0.3, 0.4) is 0 Å². The maximum Gasteiger partial charge on any atom is 0.296 e. The van der Waals surface area contributed by atoms with Gasteiger partial charge in [-0.05, 0) is 42.0 Å². The molecule has 0 spiro atoms. The lowest BCUT2D eigenvalue weighted by Gasteiger charge is -2.43. The largest absolute Gasteiger partial charge is 0.493 e. The molecule has 1 amide bonds. The zero-order chi connectivity index (χ0) is 31.4. The van der Waals surface area contributed by atoms with Crippen LogP contribution in [0.2, 0.25) is 10.0 Å². The highest BCUT2D eigenvalue weighted by Gasteiger charge is 2.41. The van der Waals surface area contributed by atoms with Crippen molar-refractivity contribution in [3.63, 3.8) is 0 Å². The minimum Gasteiger partial charge on any atom is -0.493 e. The fourth-order valence-electron chi connectivity index (χ4n) is 4.71. The lowest BCUT2D eigenvalue weighted by molar-refractivity contribution is -0.384. The van der Waals surface area contributed by atoms with Gasteiger partial charge in [0.15, 0.2) is 11.5 Å². The molecule has 0 radical (unpaired) electrons. The first-order valence-corrected chi connectivity index (χ1v) is 14.9. The predicted molar refractivity (Wildman–Crippen MR) is 157 cm³/mol. The maximum atomic E-state index is 13.8. The van der Waals surface area contributed by atoms with E-state index in [1.165, 1.54) is 21.3 Å².